The summed E-state index contributed by atoms with van der Waals surface area (Å²) in [5, 5.41) is 3.34. The second-order valence-electron chi connectivity index (χ2n) is 4.93. The van der Waals surface area contributed by atoms with Gasteiger partial charge in [0.05, 0.1) is 0 Å². The fraction of sp³-hybridized carbons (Fsp3) is 0.917. The van der Waals surface area contributed by atoms with Crippen LogP contribution in [0.1, 0.15) is 39.0 Å². The standard InChI is InChI=1S/C12H22N2O/c1-2-4-12(5-6-12)11(15)14-9-3-7-13-8-10-14/h13H,2-10H2,1H3. The zero-order valence-corrected chi connectivity index (χ0v) is 9.72. The van der Waals surface area contributed by atoms with Gasteiger partial charge in [-0.15, -0.1) is 0 Å². The summed E-state index contributed by atoms with van der Waals surface area (Å²) in [6.07, 6.45) is 5.59. The van der Waals surface area contributed by atoms with Crippen LogP contribution in [0.25, 0.3) is 0 Å². The summed E-state index contributed by atoms with van der Waals surface area (Å²) < 4.78 is 0. The fourth-order valence-corrected chi connectivity index (χ4v) is 2.58. The van der Waals surface area contributed by atoms with E-state index in [4.69, 9.17) is 0 Å². The van der Waals surface area contributed by atoms with Crippen molar-refractivity contribution in [2.24, 2.45) is 5.41 Å². The highest BCUT2D eigenvalue weighted by molar-refractivity contribution is 5.85. The number of hydrogen-bond acceptors (Lipinski definition) is 2. The monoisotopic (exact) mass is 210 g/mol. The maximum absolute atomic E-state index is 12.3. The molecule has 1 N–H and O–H groups in total. The topological polar surface area (TPSA) is 32.3 Å². The van der Waals surface area contributed by atoms with Gasteiger partial charge in [-0.25, -0.2) is 0 Å². The Morgan fingerprint density at radius 1 is 1.33 bits per heavy atom. The highest BCUT2D eigenvalue weighted by Crippen LogP contribution is 2.51. The molecule has 1 heterocycles. The molecule has 15 heavy (non-hydrogen) atoms. The van der Waals surface area contributed by atoms with Crippen molar-refractivity contribution in [1.82, 2.24) is 10.2 Å². The average molecular weight is 210 g/mol. The van der Waals surface area contributed by atoms with Crippen LogP contribution in [0.15, 0.2) is 0 Å². The number of amides is 1. The molecule has 2 aliphatic rings. The molecule has 86 valence electrons. The van der Waals surface area contributed by atoms with Gasteiger partial charge in [0.1, 0.15) is 0 Å². The number of carbonyl (C=O) groups excluding carboxylic acids is 1. The first-order chi connectivity index (χ1) is 7.28. The maximum Gasteiger partial charge on any atom is 0.228 e. The van der Waals surface area contributed by atoms with Gasteiger partial charge in [-0.05, 0) is 32.2 Å². The molecule has 0 aromatic heterocycles. The minimum atomic E-state index is 0.0685. The maximum atomic E-state index is 12.3. The van der Waals surface area contributed by atoms with Crippen LogP contribution >= 0.6 is 0 Å². The van der Waals surface area contributed by atoms with E-state index in [0.717, 1.165) is 58.3 Å². The lowest BCUT2D eigenvalue weighted by Crippen LogP contribution is -2.39. The Bertz CT molecular complexity index is 228. The third kappa shape index (κ3) is 2.33. The Labute approximate surface area is 92.2 Å². The molecule has 1 amide bonds. The van der Waals surface area contributed by atoms with Crippen LogP contribution in [0.4, 0.5) is 0 Å². The summed E-state index contributed by atoms with van der Waals surface area (Å²) in [5.41, 5.74) is 0.0685. The van der Waals surface area contributed by atoms with E-state index >= 15 is 0 Å². The molecular formula is C12H22N2O. The Morgan fingerprint density at radius 3 is 2.80 bits per heavy atom. The van der Waals surface area contributed by atoms with Crippen LogP contribution in [0, 0.1) is 5.41 Å². The van der Waals surface area contributed by atoms with Gasteiger partial charge in [0.2, 0.25) is 5.91 Å². The smallest absolute Gasteiger partial charge is 0.228 e. The lowest BCUT2D eigenvalue weighted by molar-refractivity contribution is -0.137. The van der Waals surface area contributed by atoms with Crippen molar-refractivity contribution >= 4 is 5.91 Å². The van der Waals surface area contributed by atoms with Gasteiger partial charge in [-0.2, -0.15) is 0 Å². The molecule has 0 radical (unpaired) electrons. The number of nitrogens with zero attached hydrogens (tertiary/aromatic N) is 1. The van der Waals surface area contributed by atoms with E-state index in [-0.39, 0.29) is 5.41 Å². The fourth-order valence-electron chi connectivity index (χ4n) is 2.58. The summed E-state index contributed by atoms with van der Waals surface area (Å²) in [6, 6.07) is 0. The van der Waals surface area contributed by atoms with Crippen LogP contribution in [0.2, 0.25) is 0 Å². The van der Waals surface area contributed by atoms with Crippen LogP contribution in [0.5, 0.6) is 0 Å². The molecule has 1 saturated heterocycles. The number of hydrogen-bond donors (Lipinski definition) is 1. The third-order valence-electron chi connectivity index (χ3n) is 3.66. The highest BCUT2D eigenvalue weighted by Gasteiger charge is 2.50. The summed E-state index contributed by atoms with van der Waals surface area (Å²) in [7, 11) is 0. The molecule has 0 aromatic rings. The largest absolute Gasteiger partial charge is 0.341 e. The Kier molecular flexibility index (Phi) is 3.29. The summed E-state index contributed by atoms with van der Waals surface area (Å²) in [4.78, 5) is 14.4. The van der Waals surface area contributed by atoms with Crippen molar-refractivity contribution in [1.29, 1.82) is 0 Å². The van der Waals surface area contributed by atoms with E-state index in [2.05, 4.69) is 17.1 Å². The molecule has 3 nitrogen and oxygen atoms in total. The molecule has 2 rings (SSSR count). The second-order valence-corrected chi connectivity index (χ2v) is 4.93. The minimum Gasteiger partial charge on any atom is -0.341 e. The van der Waals surface area contributed by atoms with Gasteiger partial charge < -0.3 is 10.2 Å². The van der Waals surface area contributed by atoms with Gasteiger partial charge in [-0.3, -0.25) is 4.79 Å². The lowest BCUT2D eigenvalue weighted by Gasteiger charge is -2.25. The van der Waals surface area contributed by atoms with Gasteiger partial charge in [0, 0.05) is 25.0 Å². The predicted octanol–water partition coefficient (Wildman–Crippen LogP) is 1.39. The van der Waals surface area contributed by atoms with Crippen molar-refractivity contribution < 1.29 is 4.79 Å². The first-order valence-electron chi connectivity index (χ1n) is 6.29. The van der Waals surface area contributed by atoms with Crippen LogP contribution in [-0.2, 0) is 4.79 Å². The number of carbonyl (C=O) groups is 1. The molecule has 0 spiro atoms. The van der Waals surface area contributed by atoms with Gasteiger partial charge in [-0.1, -0.05) is 13.3 Å². The van der Waals surface area contributed by atoms with Crippen molar-refractivity contribution in [3.8, 4) is 0 Å². The Morgan fingerprint density at radius 2 is 2.13 bits per heavy atom. The van der Waals surface area contributed by atoms with E-state index in [0.29, 0.717) is 5.91 Å². The normalized spacial score (nSPS) is 24.7. The van der Waals surface area contributed by atoms with Crippen molar-refractivity contribution in [3.63, 3.8) is 0 Å². The van der Waals surface area contributed by atoms with Crippen LogP contribution in [0.3, 0.4) is 0 Å². The average Bonchev–Trinajstić information content (AvgIpc) is 3.01. The van der Waals surface area contributed by atoms with E-state index in [1.165, 1.54) is 0 Å². The van der Waals surface area contributed by atoms with Gasteiger partial charge >= 0.3 is 0 Å². The molecule has 3 heteroatoms. The molecule has 0 bridgehead atoms. The van der Waals surface area contributed by atoms with Crippen molar-refractivity contribution in [2.75, 3.05) is 26.2 Å². The SMILES string of the molecule is CCCC1(C(=O)N2CCCNCC2)CC1. The van der Waals surface area contributed by atoms with Gasteiger partial charge in [0.25, 0.3) is 0 Å². The predicted molar refractivity (Wildman–Crippen MR) is 60.6 cm³/mol. The first kappa shape index (κ1) is 10.9. The van der Waals surface area contributed by atoms with Gasteiger partial charge in [0.15, 0.2) is 0 Å². The molecule has 2 fully saturated rings. The van der Waals surface area contributed by atoms with E-state index < -0.39 is 0 Å². The van der Waals surface area contributed by atoms with E-state index in [1.54, 1.807) is 0 Å². The number of rotatable bonds is 3. The minimum absolute atomic E-state index is 0.0685. The van der Waals surface area contributed by atoms with E-state index in [1.807, 2.05) is 0 Å². The Balaban J connectivity index is 1.94. The molecular weight excluding hydrogens is 188 g/mol. The third-order valence-corrected chi connectivity index (χ3v) is 3.66. The summed E-state index contributed by atoms with van der Waals surface area (Å²) in [6.45, 7) is 6.07. The zero-order chi connectivity index (χ0) is 10.7. The molecule has 1 aliphatic carbocycles. The quantitative estimate of drug-likeness (QED) is 0.763. The van der Waals surface area contributed by atoms with Crippen molar-refractivity contribution in [3.05, 3.63) is 0 Å². The van der Waals surface area contributed by atoms with E-state index in [9.17, 15) is 4.79 Å². The molecule has 0 atom stereocenters. The van der Waals surface area contributed by atoms with Crippen LogP contribution < -0.4 is 5.32 Å². The zero-order valence-electron chi connectivity index (χ0n) is 9.72. The second kappa shape index (κ2) is 4.52. The summed E-state index contributed by atoms with van der Waals surface area (Å²) in [5.74, 6) is 0.438. The molecule has 0 unspecified atom stereocenters. The van der Waals surface area contributed by atoms with Crippen LogP contribution in [-0.4, -0.2) is 37.0 Å². The number of nitrogens with one attached hydrogen (secondary N) is 1. The Hall–Kier alpha value is -0.570. The first-order valence-corrected chi connectivity index (χ1v) is 6.29. The van der Waals surface area contributed by atoms with Crippen molar-refractivity contribution in [2.45, 2.75) is 39.0 Å². The molecule has 1 saturated carbocycles. The molecule has 1 aliphatic heterocycles. The molecule has 0 aromatic carbocycles. The summed E-state index contributed by atoms with van der Waals surface area (Å²) >= 11 is 0. The lowest BCUT2D eigenvalue weighted by atomic mass is 9.99. The highest BCUT2D eigenvalue weighted by atomic mass is 16.2.